The number of fused-ring (bicyclic) bond motifs is 3. The van der Waals surface area contributed by atoms with Crippen molar-refractivity contribution in [2.75, 3.05) is 5.32 Å². The van der Waals surface area contributed by atoms with E-state index in [1.165, 1.54) is 6.07 Å². The van der Waals surface area contributed by atoms with Gasteiger partial charge in [0.15, 0.2) is 0 Å². The summed E-state index contributed by atoms with van der Waals surface area (Å²) in [7, 11) is 0. The Morgan fingerprint density at radius 1 is 1.30 bits per heavy atom. The fraction of sp³-hybridized carbons (Fsp3) is 0.235. The predicted octanol–water partition coefficient (Wildman–Crippen LogP) is 4.47. The van der Waals surface area contributed by atoms with Crippen molar-refractivity contribution in [2.45, 2.75) is 18.4 Å². The first kappa shape index (κ1) is 14.2. The maximum absolute atomic E-state index is 11.4. The molecule has 1 aliphatic heterocycles. The Morgan fingerprint density at radius 3 is 2.91 bits per heavy atom. The minimum absolute atomic E-state index is 0.0109. The van der Waals surface area contributed by atoms with Crippen molar-refractivity contribution in [3.8, 4) is 0 Å². The summed E-state index contributed by atoms with van der Waals surface area (Å²) in [6.45, 7) is 0. The van der Waals surface area contributed by atoms with Gasteiger partial charge in [-0.1, -0.05) is 29.8 Å². The molecule has 0 fully saturated rings. The van der Waals surface area contributed by atoms with E-state index in [9.17, 15) is 10.1 Å². The number of hydrogen-bond donors (Lipinski definition) is 1. The van der Waals surface area contributed by atoms with E-state index >= 15 is 0 Å². The second-order valence-electron chi connectivity index (χ2n) is 5.84. The summed E-state index contributed by atoms with van der Waals surface area (Å²) in [5.41, 5.74) is 2.40. The van der Waals surface area contributed by atoms with Crippen LogP contribution in [0.5, 0.6) is 0 Å². The second kappa shape index (κ2) is 5.35. The van der Waals surface area contributed by atoms with Crippen LogP contribution in [0.2, 0.25) is 5.02 Å². The molecule has 6 heteroatoms. The smallest absolute Gasteiger partial charge is 0.275 e. The van der Waals surface area contributed by atoms with E-state index in [0.29, 0.717) is 16.3 Å². The number of pyridine rings is 1. The number of nitrogens with one attached hydrogen (secondary N) is 1. The zero-order valence-electron chi connectivity index (χ0n) is 12.1. The third-order valence-electron chi connectivity index (χ3n) is 4.65. The summed E-state index contributed by atoms with van der Waals surface area (Å²) >= 11 is 6.33. The van der Waals surface area contributed by atoms with Crippen LogP contribution < -0.4 is 5.32 Å². The van der Waals surface area contributed by atoms with Crippen LogP contribution in [0.3, 0.4) is 0 Å². The van der Waals surface area contributed by atoms with Crippen LogP contribution in [0.4, 0.5) is 11.4 Å². The number of nitro benzene ring substituents is 1. The summed E-state index contributed by atoms with van der Waals surface area (Å²) in [5.74, 6) is 0.187. The third-order valence-corrected chi connectivity index (χ3v) is 4.96. The maximum Gasteiger partial charge on any atom is 0.275 e. The van der Waals surface area contributed by atoms with Gasteiger partial charge in [-0.05, 0) is 30.5 Å². The molecule has 0 radical (unpaired) electrons. The highest BCUT2D eigenvalue weighted by Crippen LogP contribution is 2.53. The van der Waals surface area contributed by atoms with E-state index in [1.54, 1.807) is 12.3 Å². The Balaban J connectivity index is 1.89. The summed E-state index contributed by atoms with van der Waals surface area (Å²) in [5, 5.41) is 15.3. The number of aromatic nitrogens is 1. The lowest BCUT2D eigenvalue weighted by atomic mass is 9.77. The Labute approximate surface area is 138 Å². The van der Waals surface area contributed by atoms with Crippen LogP contribution in [0.25, 0.3) is 0 Å². The van der Waals surface area contributed by atoms with Crippen LogP contribution >= 0.6 is 11.6 Å². The highest BCUT2D eigenvalue weighted by Gasteiger charge is 2.42. The highest BCUT2D eigenvalue weighted by atomic mass is 35.5. The minimum atomic E-state index is -0.332. The summed E-state index contributed by atoms with van der Waals surface area (Å²) in [4.78, 5) is 15.5. The number of allylic oxidation sites excluding steroid dienone is 2. The lowest BCUT2D eigenvalue weighted by Gasteiger charge is -2.36. The van der Waals surface area contributed by atoms with E-state index in [0.717, 1.165) is 12.1 Å². The molecule has 2 aromatic rings. The molecular formula is C17H14ClN3O2. The van der Waals surface area contributed by atoms with Gasteiger partial charge in [-0.2, -0.15) is 0 Å². The van der Waals surface area contributed by atoms with Gasteiger partial charge in [-0.15, -0.1) is 0 Å². The van der Waals surface area contributed by atoms with Gasteiger partial charge in [0.25, 0.3) is 5.69 Å². The van der Waals surface area contributed by atoms with Gasteiger partial charge >= 0.3 is 0 Å². The van der Waals surface area contributed by atoms with E-state index < -0.39 is 0 Å². The average molecular weight is 328 g/mol. The molecular weight excluding hydrogens is 314 g/mol. The number of hydrogen-bond acceptors (Lipinski definition) is 4. The molecule has 1 N–H and O–H groups in total. The molecule has 0 saturated carbocycles. The number of halogens is 1. The highest BCUT2D eigenvalue weighted by molar-refractivity contribution is 6.33. The molecule has 1 aromatic carbocycles. The van der Waals surface area contributed by atoms with E-state index in [1.807, 2.05) is 18.2 Å². The lowest BCUT2D eigenvalue weighted by Crippen LogP contribution is -2.30. The Kier molecular flexibility index (Phi) is 3.31. The van der Waals surface area contributed by atoms with E-state index in [-0.39, 0.29) is 28.5 Å². The summed E-state index contributed by atoms with van der Waals surface area (Å²) in [6, 6.07) is 8.87. The van der Waals surface area contributed by atoms with Crippen LogP contribution in [-0.2, 0) is 0 Å². The van der Waals surface area contributed by atoms with Crippen molar-refractivity contribution in [3.63, 3.8) is 0 Å². The molecule has 0 saturated heterocycles. The molecule has 5 nitrogen and oxygen atoms in total. The van der Waals surface area contributed by atoms with Gasteiger partial charge in [0.05, 0.1) is 32.9 Å². The van der Waals surface area contributed by atoms with Crippen molar-refractivity contribution in [3.05, 3.63) is 75.1 Å². The zero-order chi connectivity index (χ0) is 16.0. The first-order valence-electron chi connectivity index (χ1n) is 7.47. The summed E-state index contributed by atoms with van der Waals surface area (Å²) in [6.07, 6.45) is 6.78. The maximum atomic E-state index is 11.4. The van der Waals surface area contributed by atoms with Crippen LogP contribution in [0.1, 0.15) is 29.6 Å². The molecule has 1 aromatic heterocycles. The van der Waals surface area contributed by atoms with Gasteiger partial charge < -0.3 is 5.32 Å². The van der Waals surface area contributed by atoms with Crippen molar-refractivity contribution in [2.24, 2.45) is 5.92 Å². The van der Waals surface area contributed by atoms with Crippen molar-refractivity contribution < 1.29 is 4.92 Å². The molecule has 1 aliphatic carbocycles. The SMILES string of the molecule is O=[N+]([O-])c1ccc(Cl)c2c1C1C=CCC1[C@@H](c1ccccn1)N2. The molecule has 0 bridgehead atoms. The molecule has 2 unspecified atom stereocenters. The lowest BCUT2D eigenvalue weighted by molar-refractivity contribution is -0.385. The number of benzene rings is 1. The summed E-state index contributed by atoms with van der Waals surface area (Å²) < 4.78 is 0. The molecule has 2 aliphatic rings. The average Bonchev–Trinajstić information content (AvgIpc) is 3.05. The molecule has 23 heavy (non-hydrogen) atoms. The fourth-order valence-corrected chi connectivity index (χ4v) is 3.89. The Hall–Kier alpha value is -2.40. The molecule has 2 heterocycles. The van der Waals surface area contributed by atoms with E-state index in [4.69, 9.17) is 11.6 Å². The van der Waals surface area contributed by atoms with Crippen LogP contribution in [0, 0.1) is 16.0 Å². The van der Waals surface area contributed by atoms with E-state index in [2.05, 4.69) is 22.5 Å². The van der Waals surface area contributed by atoms with Crippen LogP contribution in [-0.4, -0.2) is 9.91 Å². The topological polar surface area (TPSA) is 68.1 Å². The van der Waals surface area contributed by atoms with Gasteiger partial charge in [-0.25, -0.2) is 0 Å². The molecule has 3 atom stereocenters. The van der Waals surface area contributed by atoms with Gasteiger partial charge in [0.2, 0.25) is 0 Å². The standard InChI is InChI=1S/C17H14ClN3O2/c18-12-7-8-14(21(22)23)15-10-4-3-5-11(10)16(20-17(12)15)13-6-1-2-9-19-13/h1-4,6-11,16,20H,5H2/t10?,11?,16-/m0/s1. The minimum Gasteiger partial charge on any atom is -0.375 e. The first-order valence-corrected chi connectivity index (χ1v) is 7.85. The van der Waals surface area contributed by atoms with Crippen molar-refractivity contribution >= 4 is 23.0 Å². The monoisotopic (exact) mass is 327 g/mol. The van der Waals surface area contributed by atoms with Crippen molar-refractivity contribution in [1.82, 2.24) is 4.98 Å². The number of anilines is 1. The molecule has 116 valence electrons. The molecule has 4 rings (SSSR count). The molecule has 0 spiro atoms. The Bertz CT molecular complexity index is 807. The Morgan fingerprint density at radius 2 is 2.17 bits per heavy atom. The third kappa shape index (κ3) is 2.19. The zero-order valence-corrected chi connectivity index (χ0v) is 12.9. The molecule has 0 amide bonds. The quantitative estimate of drug-likeness (QED) is 0.502. The van der Waals surface area contributed by atoms with Gasteiger partial charge in [0.1, 0.15) is 0 Å². The second-order valence-corrected chi connectivity index (χ2v) is 6.25. The van der Waals surface area contributed by atoms with Gasteiger partial charge in [0, 0.05) is 18.2 Å². The normalized spacial score (nSPS) is 24.7. The van der Waals surface area contributed by atoms with Gasteiger partial charge in [-0.3, -0.25) is 15.1 Å². The number of rotatable bonds is 2. The fourth-order valence-electron chi connectivity index (χ4n) is 3.67. The largest absolute Gasteiger partial charge is 0.375 e. The number of nitro groups is 1. The van der Waals surface area contributed by atoms with Crippen molar-refractivity contribution in [1.29, 1.82) is 0 Å². The van der Waals surface area contributed by atoms with Crippen LogP contribution in [0.15, 0.2) is 48.7 Å². The first-order chi connectivity index (χ1) is 11.2. The number of nitrogens with zero attached hydrogens (tertiary/aromatic N) is 2. The predicted molar refractivity (Wildman–Crippen MR) is 88.7 cm³/mol.